The number of aliphatic carboxylic acids is 1. The van der Waals surface area contributed by atoms with Gasteiger partial charge >= 0.3 is 12.6 Å². The van der Waals surface area contributed by atoms with Crippen LogP contribution in [0.25, 0.3) is 0 Å². The van der Waals surface area contributed by atoms with Gasteiger partial charge in [0.1, 0.15) is 5.75 Å². The number of carbonyl (C=O) groups is 1. The average molecular weight is 262 g/mol. The van der Waals surface area contributed by atoms with Crippen LogP contribution in [0.1, 0.15) is 11.7 Å². The van der Waals surface area contributed by atoms with E-state index in [9.17, 15) is 13.6 Å². The van der Waals surface area contributed by atoms with Gasteiger partial charge in [0.2, 0.25) is 0 Å². The normalized spacial score (nSPS) is 12.4. The predicted molar refractivity (Wildman–Crippen MR) is 56.5 cm³/mol. The third kappa shape index (κ3) is 4.27. The van der Waals surface area contributed by atoms with Gasteiger partial charge < -0.3 is 19.7 Å². The Bertz CT molecular complexity index is 380. The molecule has 5 nitrogen and oxygen atoms in total. The summed E-state index contributed by atoms with van der Waals surface area (Å²) >= 11 is 0. The Labute approximate surface area is 102 Å². The van der Waals surface area contributed by atoms with Crippen molar-refractivity contribution in [3.8, 4) is 5.75 Å². The third-order valence-electron chi connectivity index (χ3n) is 2.01. The van der Waals surface area contributed by atoms with Crippen LogP contribution in [0, 0.1) is 0 Å². The van der Waals surface area contributed by atoms with E-state index in [1.807, 2.05) is 0 Å². The van der Waals surface area contributed by atoms with Crippen LogP contribution in [0.15, 0.2) is 24.3 Å². The fraction of sp³-hybridized carbons (Fsp3) is 0.364. The van der Waals surface area contributed by atoms with Crippen LogP contribution in [0.5, 0.6) is 5.75 Å². The first kappa shape index (κ1) is 14.3. The van der Waals surface area contributed by atoms with Crippen LogP contribution in [-0.2, 0) is 9.53 Å². The molecule has 0 spiro atoms. The standard InChI is InChI=1S/C11H12F2O5/c12-11(13)18-8-3-1-7(2-4-8)9(10(15)16)17-6-5-14/h1-4,9,11,14H,5-6H2,(H,15,16). The number of carboxylic acids is 1. The maximum Gasteiger partial charge on any atom is 0.387 e. The number of benzene rings is 1. The van der Waals surface area contributed by atoms with Crippen molar-refractivity contribution in [2.45, 2.75) is 12.7 Å². The van der Waals surface area contributed by atoms with E-state index < -0.39 is 18.7 Å². The summed E-state index contributed by atoms with van der Waals surface area (Å²) in [5, 5.41) is 17.5. The number of rotatable bonds is 7. The Morgan fingerprint density at radius 3 is 2.33 bits per heavy atom. The van der Waals surface area contributed by atoms with Crippen LogP contribution in [0.3, 0.4) is 0 Å². The van der Waals surface area contributed by atoms with Gasteiger partial charge in [0.05, 0.1) is 13.2 Å². The number of aliphatic hydroxyl groups is 1. The highest BCUT2D eigenvalue weighted by atomic mass is 19.3. The largest absolute Gasteiger partial charge is 0.479 e. The molecule has 0 bridgehead atoms. The second kappa shape index (κ2) is 6.87. The van der Waals surface area contributed by atoms with Crippen molar-refractivity contribution >= 4 is 5.97 Å². The summed E-state index contributed by atoms with van der Waals surface area (Å²) in [6.45, 7) is -3.38. The molecule has 1 aromatic carbocycles. The minimum Gasteiger partial charge on any atom is -0.479 e. The number of ether oxygens (including phenoxy) is 2. The smallest absolute Gasteiger partial charge is 0.387 e. The first-order valence-corrected chi connectivity index (χ1v) is 5.04. The summed E-state index contributed by atoms with van der Waals surface area (Å²) in [7, 11) is 0. The van der Waals surface area contributed by atoms with E-state index >= 15 is 0 Å². The number of hydrogen-bond donors (Lipinski definition) is 2. The molecule has 7 heteroatoms. The Kier molecular flexibility index (Phi) is 5.47. The summed E-state index contributed by atoms with van der Waals surface area (Å²) in [5.41, 5.74) is 0.276. The van der Waals surface area contributed by atoms with Crippen molar-refractivity contribution in [2.75, 3.05) is 13.2 Å². The van der Waals surface area contributed by atoms with E-state index in [0.29, 0.717) is 0 Å². The summed E-state index contributed by atoms with van der Waals surface area (Å²) < 4.78 is 32.9. The van der Waals surface area contributed by atoms with Gasteiger partial charge in [-0.2, -0.15) is 8.78 Å². The molecule has 0 aliphatic rings. The van der Waals surface area contributed by atoms with E-state index in [-0.39, 0.29) is 24.5 Å². The average Bonchev–Trinajstić information content (AvgIpc) is 2.30. The third-order valence-corrected chi connectivity index (χ3v) is 2.01. The highest BCUT2D eigenvalue weighted by Crippen LogP contribution is 2.22. The van der Waals surface area contributed by atoms with Gasteiger partial charge in [0.15, 0.2) is 6.10 Å². The highest BCUT2D eigenvalue weighted by molar-refractivity contribution is 5.74. The molecule has 0 saturated carbocycles. The fourth-order valence-corrected chi connectivity index (χ4v) is 1.30. The Morgan fingerprint density at radius 1 is 1.28 bits per heavy atom. The minimum absolute atomic E-state index is 0.0694. The van der Waals surface area contributed by atoms with Crippen LogP contribution in [0.4, 0.5) is 8.78 Å². The van der Waals surface area contributed by atoms with Crippen molar-refractivity contribution in [1.82, 2.24) is 0 Å². The molecular formula is C11H12F2O5. The molecule has 0 amide bonds. The zero-order valence-electron chi connectivity index (χ0n) is 9.25. The van der Waals surface area contributed by atoms with Crippen molar-refractivity contribution in [2.24, 2.45) is 0 Å². The van der Waals surface area contributed by atoms with E-state index in [1.165, 1.54) is 24.3 Å². The SMILES string of the molecule is O=C(O)C(OCCO)c1ccc(OC(F)F)cc1. The van der Waals surface area contributed by atoms with Crippen molar-refractivity contribution in [3.63, 3.8) is 0 Å². The Balaban J connectivity index is 2.77. The monoisotopic (exact) mass is 262 g/mol. The summed E-state index contributed by atoms with van der Waals surface area (Å²) in [5.74, 6) is -1.30. The number of hydrogen-bond acceptors (Lipinski definition) is 4. The second-order valence-electron chi connectivity index (χ2n) is 3.26. The predicted octanol–water partition coefficient (Wildman–Crippen LogP) is 1.42. The van der Waals surface area contributed by atoms with Crippen molar-refractivity contribution < 1.29 is 33.3 Å². The van der Waals surface area contributed by atoms with Gasteiger partial charge in [-0.15, -0.1) is 0 Å². The maximum absolute atomic E-state index is 11.9. The minimum atomic E-state index is -2.93. The number of aliphatic hydroxyl groups excluding tert-OH is 1. The molecule has 1 unspecified atom stereocenters. The van der Waals surface area contributed by atoms with Crippen LogP contribution in [0.2, 0.25) is 0 Å². The van der Waals surface area contributed by atoms with Gasteiger partial charge in [-0.05, 0) is 17.7 Å². The fourth-order valence-electron chi connectivity index (χ4n) is 1.30. The van der Waals surface area contributed by atoms with Gasteiger partial charge in [0, 0.05) is 0 Å². The highest BCUT2D eigenvalue weighted by Gasteiger charge is 2.20. The molecule has 0 aromatic heterocycles. The molecule has 100 valence electrons. The first-order valence-electron chi connectivity index (χ1n) is 5.04. The van der Waals surface area contributed by atoms with Gasteiger partial charge in [0.25, 0.3) is 0 Å². The lowest BCUT2D eigenvalue weighted by Crippen LogP contribution is -2.17. The number of carboxylic acid groups (broad SMARTS) is 1. The lowest BCUT2D eigenvalue weighted by molar-refractivity contribution is -0.151. The molecule has 0 saturated heterocycles. The van der Waals surface area contributed by atoms with Crippen LogP contribution >= 0.6 is 0 Å². The number of alkyl halides is 2. The maximum atomic E-state index is 11.9. The molecule has 1 aromatic rings. The molecule has 0 aliphatic heterocycles. The quantitative estimate of drug-likeness (QED) is 0.777. The summed E-state index contributed by atoms with van der Waals surface area (Å²) in [6, 6.07) is 5.07. The van der Waals surface area contributed by atoms with Crippen molar-refractivity contribution in [1.29, 1.82) is 0 Å². The Hall–Kier alpha value is -1.73. The zero-order valence-corrected chi connectivity index (χ0v) is 9.25. The zero-order chi connectivity index (χ0) is 13.5. The first-order chi connectivity index (χ1) is 8.54. The molecule has 0 aliphatic carbocycles. The second-order valence-corrected chi connectivity index (χ2v) is 3.26. The molecule has 2 N–H and O–H groups in total. The summed E-state index contributed by atoms with van der Waals surface area (Å²) in [6.07, 6.45) is -1.25. The lowest BCUT2D eigenvalue weighted by Gasteiger charge is -2.13. The molecule has 18 heavy (non-hydrogen) atoms. The molecule has 0 heterocycles. The van der Waals surface area contributed by atoms with Gasteiger partial charge in [-0.25, -0.2) is 4.79 Å². The molecule has 1 rings (SSSR count). The number of halogens is 2. The van der Waals surface area contributed by atoms with E-state index in [4.69, 9.17) is 14.9 Å². The van der Waals surface area contributed by atoms with E-state index in [2.05, 4.69) is 4.74 Å². The van der Waals surface area contributed by atoms with Gasteiger partial charge in [-0.1, -0.05) is 12.1 Å². The van der Waals surface area contributed by atoms with E-state index in [0.717, 1.165) is 0 Å². The van der Waals surface area contributed by atoms with Crippen LogP contribution in [-0.4, -0.2) is 36.0 Å². The van der Waals surface area contributed by atoms with Gasteiger partial charge in [-0.3, -0.25) is 0 Å². The van der Waals surface area contributed by atoms with E-state index in [1.54, 1.807) is 0 Å². The van der Waals surface area contributed by atoms with Crippen LogP contribution < -0.4 is 4.74 Å². The molecular weight excluding hydrogens is 250 g/mol. The topological polar surface area (TPSA) is 76.0 Å². The van der Waals surface area contributed by atoms with Crippen molar-refractivity contribution in [3.05, 3.63) is 29.8 Å². The Morgan fingerprint density at radius 2 is 1.89 bits per heavy atom. The molecule has 1 atom stereocenters. The molecule has 0 fully saturated rings. The molecule has 0 radical (unpaired) electrons. The summed E-state index contributed by atoms with van der Waals surface area (Å²) in [4.78, 5) is 10.9. The lowest BCUT2D eigenvalue weighted by atomic mass is 10.1.